The molecule has 4 atom stereocenters. The lowest BCUT2D eigenvalue weighted by molar-refractivity contribution is -0.234. The van der Waals surface area contributed by atoms with Crippen LogP contribution in [0.15, 0.2) is 4.99 Å². The predicted octanol–water partition coefficient (Wildman–Crippen LogP) is -3.57. The second-order valence-corrected chi connectivity index (χ2v) is 10.5. The lowest BCUT2D eigenvalue weighted by Gasteiger charge is -2.30. The number of nitrogens with one attached hydrogen (secondary N) is 5. The minimum atomic E-state index is -1.54. The van der Waals surface area contributed by atoms with Crippen LogP contribution in [0.4, 0.5) is 0 Å². The van der Waals surface area contributed by atoms with Crippen molar-refractivity contribution in [3.8, 4) is 0 Å². The molecule has 0 spiro atoms. The first-order chi connectivity index (χ1) is 19.1. The zero-order chi connectivity index (χ0) is 31.8. The summed E-state index contributed by atoms with van der Waals surface area (Å²) in [7, 11) is 0. The Hall–Kier alpha value is -3.84. The maximum atomic E-state index is 13.0. The van der Waals surface area contributed by atoms with Gasteiger partial charge in [0.2, 0.25) is 29.5 Å². The first kappa shape index (κ1) is 37.2. The van der Waals surface area contributed by atoms with Crippen LogP contribution >= 0.6 is 24.8 Å². The summed E-state index contributed by atoms with van der Waals surface area (Å²) in [5, 5.41) is 20.8. The summed E-state index contributed by atoms with van der Waals surface area (Å²) in [6.07, 6.45) is 0.107. The Morgan fingerprint density at radius 1 is 1.02 bits per heavy atom. The lowest BCUT2D eigenvalue weighted by Crippen LogP contribution is -2.59. The van der Waals surface area contributed by atoms with E-state index in [1.807, 2.05) is 0 Å². The van der Waals surface area contributed by atoms with Crippen molar-refractivity contribution < 1.29 is 43.7 Å². The summed E-state index contributed by atoms with van der Waals surface area (Å²) in [6, 6.07) is -5.33. The third-order valence-corrected chi connectivity index (χ3v) is 5.61. The number of thiol groups is 1. The number of hydrogen-bond donors (Lipinski definition) is 9. The van der Waals surface area contributed by atoms with Gasteiger partial charge in [0.25, 0.3) is 0 Å². The van der Waals surface area contributed by atoms with Crippen molar-refractivity contribution in [3.63, 3.8) is 0 Å². The molecule has 0 aromatic heterocycles. The smallest absolute Gasteiger partial charge is 0.368 e. The normalized spacial score (nSPS) is 13.6. The van der Waals surface area contributed by atoms with Crippen molar-refractivity contribution in [2.24, 2.45) is 16.5 Å². The topological polar surface area (TPSA) is 273 Å². The van der Waals surface area contributed by atoms with Crippen molar-refractivity contribution in [1.29, 1.82) is 0 Å². The van der Waals surface area contributed by atoms with E-state index in [4.69, 9.17) is 16.7 Å². The molecule has 0 fully saturated rings. The molecular weight excluding hydrogens is 584 g/mol. The third-order valence-electron chi connectivity index (χ3n) is 5.08. The second kappa shape index (κ2) is 18.5. The number of nitrogens with two attached hydrogens (primary N) is 2. The van der Waals surface area contributed by atoms with E-state index in [0.29, 0.717) is 6.29 Å². The Morgan fingerprint density at radius 3 is 2.15 bits per heavy atom. The summed E-state index contributed by atoms with van der Waals surface area (Å²) in [5.41, 5.74) is 10.6. The number of carbonyl (C=O) groups excluding carboxylic acids is 7. The SMILES string of the molecule is CC(=O)NC(C(=O)NC(CCCN=C(N)N)C(=O)NCC(=O)NC(CC=O)C(=O)NC(C=S)C(=O)OO)C(C)(C)S. The molecule has 0 aliphatic heterocycles. The van der Waals surface area contributed by atoms with Crippen LogP contribution in [0.1, 0.15) is 40.0 Å². The molecule has 0 aliphatic carbocycles. The summed E-state index contributed by atoms with van der Waals surface area (Å²) in [6.45, 7) is 3.84. The number of aldehydes is 1. The van der Waals surface area contributed by atoms with Crippen LogP contribution < -0.4 is 38.1 Å². The van der Waals surface area contributed by atoms with Crippen LogP contribution in [0.25, 0.3) is 0 Å². The summed E-state index contributed by atoms with van der Waals surface area (Å²) >= 11 is 8.92. The zero-order valence-electron chi connectivity index (χ0n) is 22.7. The molecule has 17 nitrogen and oxygen atoms in total. The van der Waals surface area contributed by atoms with Crippen molar-refractivity contribution in [1.82, 2.24) is 26.6 Å². The van der Waals surface area contributed by atoms with Gasteiger partial charge in [0.15, 0.2) is 12.0 Å². The van der Waals surface area contributed by atoms with Gasteiger partial charge in [0.05, 0.1) is 6.54 Å². The summed E-state index contributed by atoms with van der Waals surface area (Å²) in [4.78, 5) is 92.1. The Morgan fingerprint density at radius 2 is 1.66 bits per heavy atom. The average molecular weight is 621 g/mol. The molecule has 5 amide bonds. The first-order valence-electron chi connectivity index (χ1n) is 12.0. The maximum Gasteiger partial charge on any atom is 0.368 e. The van der Waals surface area contributed by atoms with E-state index in [0.717, 1.165) is 5.37 Å². The second-order valence-electron chi connectivity index (χ2n) is 9.07. The van der Waals surface area contributed by atoms with Gasteiger partial charge < -0.3 is 42.8 Å². The fourth-order valence-corrected chi connectivity index (χ4v) is 3.48. The van der Waals surface area contributed by atoms with Gasteiger partial charge in [0, 0.05) is 30.0 Å². The lowest BCUT2D eigenvalue weighted by atomic mass is 10.0. The van der Waals surface area contributed by atoms with Crippen LogP contribution in [-0.4, -0.2) is 100 Å². The van der Waals surface area contributed by atoms with Gasteiger partial charge in [-0.1, -0.05) is 12.2 Å². The van der Waals surface area contributed by atoms with E-state index >= 15 is 0 Å². The van der Waals surface area contributed by atoms with Crippen molar-refractivity contribution >= 4 is 78.0 Å². The van der Waals surface area contributed by atoms with E-state index in [9.17, 15) is 33.6 Å². The van der Waals surface area contributed by atoms with Crippen molar-refractivity contribution in [2.45, 2.75) is 68.9 Å². The van der Waals surface area contributed by atoms with Gasteiger partial charge in [-0.15, -0.1) is 0 Å². The fraction of sp³-hybridized carbons (Fsp3) is 0.591. The fourth-order valence-electron chi connectivity index (χ4n) is 3.12. The number of thiocarbonyl (C=S) groups is 1. The Balaban J connectivity index is 5.50. The number of guanidine groups is 1. The van der Waals surface area contributed by atoms with Gasteiger partial charge in [-0.05, 0) is 26.7 Å². The van der Waals surface area contributed by atoms with Crippen LogP contribution in [0.3, 0.4) is 0 Å². The van der Waals surface area contributed by atoms with E-state index in [1.54, 1.807) is 13.8 Å². The molecule has 4 unspecified atom stereocenters. The standard InChI is InChI=1S/C22H36N8O9S2/c1-11(32)27-16(22(2,3)41)19(36)29-12(5-4-7-25-21(23)24)17(34)26-9-15(33)28-13(6-8-31)18(35)30-14(10-40)20(37)39-38/h8,10,12-14,16,38,41H,4-7,9H2,1-3H3,(H,26,34)(H,27,32)(H,28,33)(H,29,36)(H,30,35)(H4,23,24,25). The van der Waals surface area contributed by atoms with Gasteiger partial charge in [-0.25, -0.2) is 4.79 Å². The highest BCUT2D eigenvalue weighted by atomic mass is 32.1. The third kappa shape index (κ3) is 14.9. The Bertz CT molecular complexity index is 1020. The predicted molar refractivity (Wildman–Crippen MR) is 152 cm³/mol. The minimum absolute atomic E-state index is 0.0336. The van der Waals surface area contributed by atoms with E-state index in [-0.39, 0.29) is 25.3 Å². The van der Waals surface area contributed by atoms with Crippen LogP contribution in [-0.2, 0) is 38.4 Å². The molecule has 0 saturated carbocycles. The van der Waals surface area contributed by atoms with Crippen molar-refractivity contribution in [3.05, 3.63) is 0 Å². The highest BCUT2D eigenvalue weighted by Gasteiger charge is 2.35. The molecule has 0 bridgehead atoms. The molecule has 41 heavy (non-hydrogen) atoms. The molecular formula is C22H36N8O9S2. The number of hydrogen-bond acceptors (Lipinski definition) is 12. The van der Waals surface area contributed by atoms with Gasteiger partial charge in [0.1, 0.15) is 24.4 Å². The number of amides is 5. The molecule has 0 aliphatic rings. The van der Waals surface area contributed by atoms with Crippen LogP contribution in [0.2, 0.25) is 0 Å². The maximum absolute atomic E-state index is 13.0. The first-order valence-corrected chi connectivity index (χ1v) is 13.0. The monoisotopic (exact) mass is 620 g/mol. The number of carbonyl (C=O) groups is 7. The van der Waals surface area contributed by atoms with E-state index in [1.165, 1.54) is 6.92 Å². The highest BCUT2D eigenvalue weighted by molar-refractivity contribution is 7.81. The molecule has 0 aromatic rings. The average Bonchev–Trinajstić information content (AvgIpc) is 2.88. The molecule has 0 aromatic carbocycles. The Kier molecular flexibility index (Phi) is 16.8. The molecule has 19 heteroatoms. The molecule has 230 valence electrons. The number of nitrogens with zero attached hydrogens (tertiary/aromatic N) is 1. The highest BCUT2D eigenvalue weighted by Crippen LogP contribution is 2.18. The summed E-state index contributed by atoms with van der Waals surface area (Å²) < 4.78 is -1.01. The van der Waals surface area contributed by atoms with Crippen LogP contribution in [0, 0.1) is 0 Å². The molecule has 0 saturated heterocycles. The van der Waals surface area contributed by atoms with E-state index in [2.05, 4.69) is 61.3 Å². The van der Waals surface area contributed by atoms with Gasteiger partial charge in [-0.3, -0.25) is 33.9 Å². The molecule has 0 heterocycles. The van der Waals surface area contributed by atoms with E-state index < -0.39 is 77.4 Å². The quantitative estimate of drug-likeness (QED) is 0.0105. The summed E-state index contributed by atoms with van der Waals surface area (Å²) in [5.74, 6) is -5.39. The zero-order valence-corrected chi connectivity index (χ0v) is 24.4. The van der Waals surface area contributed by atoms with Crippen molar-refractivity contribution in [2.75, 3.05) is 13.1 Å². The minimum Gasteiger partial charge on any atom is -0.370 e. The molecule has 10 N–H and O–H groups in total. The number of aliphatic imine (C=N–C) groups is 1. The van der Waals surface area contributed by atoms with Gasteiger partial charge in [-0.2, -0.15) is 17.9 Å². The van der Waals surface area contributed by atoms with Gasteiger partial charge >= 0.3 is 5.97 Å². The Labute approximate surface area is 246 Å². The molecule has 0 rings (SSSR count). The largest absolute Gasteiger partial charge is 0.370 e. The molecule has 0 radical (unpaired) electrons. The number of rotatable bonds is 18. The van der Waals surface area contributed by atoms with Crippen LogP contribution in [0.5, 0.6) is 0 Å².